The molecule has 0 rings (SSSR count). The fourth-order valence-corrected chi connectivity index (χ4v) is 3.02. The Hall–Kier alpha value is 0.819. The van der Waals surface area contributed by atoms with Crippen molar-refractivity contribution >= 4 is 21.3 Å². The van der Waals surface area contributed by atoms with Crippen molar-refractivity contribution < 1.29 is 0 Å². The molecular weight excluding hydrogens is 206 g/mol. The Morgan fingerprint density at radius 2 is 1.00 bits per heavy atom. The van der Waals surface area contributed by atoms with Gasteiger partial charge < -0.3 is 0 Å². The minimum absolute atomic E-state index is 0.0123. The van der Waals surface area contributed by atoms with Crippen molar-refractivity contribution in [3.8, 4) is 0 Å². The molecule has 0 aliphatic carbocycles. The molecule has 0 spiro atoms. The molecule has 0 saturated heterocycles. The predicted molar refractivity (Wildman–Crippen MR) is 52.2 cm³/mol. The molecule has 0 aromatic carbocycles. The number of hydrogen-bond donors (Lipinski definition) is 0. The van der Waals surface area contributed by atoms with Gasteiger partial charge in [0.1, 0.15) is 0 Å². The fraction of sp³-hybridized carbons (Fsp3) is 1.00. The van der Waals surface area contributed by atoms with Crippen LogP contribution >= 0.6 is 6.17 Å². The van der Waals surface area contributed by atoms with Crippen molar-refractivity contribution in [2.24, 2.45) is 0 Å². The molecule has 0 aromatic heterocycles. The first-order valence-corrected chi connectivity index (χ1v) is 7.19. The minimum atomic E-state index is 0.0123. The molecule has 0 N–H and O–H groups in total. The van der Waals surface area contributed by atoms with Gasteiger partial charge in [0.2, 0.25) is 0 Å². The van der Waals surface area contributed by atoms with E-state index in [1.165, 1.54) is 0 Å². The van der Waals surface area contributed by atoms with Crippen LogP contribution in [0.5, 0.6) is 0 Å². The predicted octanol–water partition coefficient (Wildman–Crippen LogP) is 3.15. The first-order valence-electron chi connectivity index (χ1n) is 3.63. The van der Waals surface area contributed by atoms with Crippen molar-refractivity contribution in [1.29, 1.82) is 0 Å². The van der Waals surface area contributed by atoms with Crippen molar-refractivity contribution in [2.45, 2.75) is 51.9 Å². The van der Waals surface area contributed by atoms with Crippen LogP contribution in [0.1, 0.15) is 41.5 Å². The Balaban J connectivity index is 4.40. The summed E-state index contributed by atoms with van der Waals surface area (Å²) in [4.78, 5) is 0. The Kier molecular flexibility index (Phi) is 3.30. The van der Waals surface area contributed by atoms with E-state index in [9.17, 15) is 0 Å². The van der Waals surface area contributed by atoms with Crippen molar-refractivity contribution in [2.75, 3.05) is 0 Å². The van der Waals surface area contributed by atoms with Crippen LogP contribution in [0.2, 0.25) is 0 Å². The van der Waals surface area contributed by atoms with Crippen LogP contribution in [0.15, 0.2) is 0 Å². The first-order chi connectivity index (χ1) is 4.15. The molecule has 0 bridgehead atoms. The Morgan fingerprint density at radius 1 is 0.800 bits per heavy atom. The fourth-order valence-electron chi connectivity index (χ4n) is 1.01. The summed E-state index contributed by atoms with van der Waals surface area (Å²) in [5.74, 6) is 0. The van der Waals surface area contributed by atoms with Crippen LogP contribution in [-0.4, -0.2) is 25.4 Å². The van der Waals surface area contributed by atoms with E-state index in [2.05, 4.69) is 56.6 Å². The molecule has 0 nitrogen and oxygen atoms in total. The van der Waals surface area contributed by atoms with Gasteiger partial charge in [-0.25, -0.2) is 0 Å². The summed E-state index contributed by atoms with van der Waals surface area (Å²) in [7, 11) is 0. The average Bonchev–Trinajstić information content (AvgIpc) is 1.59. The number of rotatable bonds is 0. The molecule has 0 aliphatic rings. The molecule has 10 heavy (non-hydrogen) atoms. The van der Waals surface area contributed by atoms with Gasteiger partial charge in [-0.3, -0.25) is 0 Å². The van der Waals surface area contributed by atoms with E-state index in [0.717, 1.165) is 0 Å². The van der Waals surface area contributed by atoms with E-state index in [-0.39, 0.29) is 6.17 Å². The maximum atomic E-state index is 3.32. The average molecular weight is 224 g/mol. The van der Waals surface area contributed by atoms with Gasteiger partial charge in [-0.05, 0) is 0 Å². The standard InChI is InChI=1S/C8H18PSe/c1-7(2,3)9(10)8(4,5)6/h1-6H3/q+1. The summed E-state index contributed by atoms with van der Waals surface area (Å²) in [6.07, 6.45) is 0.0123. The molecule has 0 fully saturated rings. The van der Waals surface area contributed by atoms with Crippen LogP contribution in [0.25, 0.3) is 0 Å². The maximum absolute atomic E-state index is 3.32. The summed E-state index contributed by atoms with van der Waals surface area (Å²) in [5, 5.41) is 0.904. The summed E-state index contributed by atoms with van der Waals surface area (Å²) in [5.41, 5.74) is 0. The summed E-state index contributed by atoms with van der Waals surface area (Å²) in [6, 6.07) is 0. The third-order valence-electron chi connectivity index (χ3n) is 1.22. The van der Waals surface area contributed by atoms with E-state index >= 15 is 0 Å². The van der Waals surface area contributed by atoms with Crippen molar-refractivity contribution in [3.63, 3.8) is 0 Å². The van der Waals surface area contributed by atoms with Crippen LogP contribution in [0, 0.1) is 0 Å². The molecular formula is C8H18PSe+. The zero-order valence-corrected chi connectivity index (χ0v) is 10.5. The van der Waals surface area contributed by atoms with E-state index < -0.39 is 0 Å². The normalized spacial score (nSPS) is 13.4. The molecule has 0 saturated carbocycles. The third kappa shape index (κ3) is 3.28. The van der Waals surface area contributed by atoms with Gasteiger partial charge in [0.25, 0.3) is 0 Å². The quantitative estimate of drug-likeness (QED) is 0.438. The van der Waals surface area contributed by atoms with Gasteiger partial charge in [-0.1, -0.05) is 0 Å². The molecule has 60 valence electrons. The molecule has 0 atom stereocenters. The van der Waals surface area contributed by atoms with Crippen molar-refractivity contribution in [1.82, 2.24) is 0 Å². The Bertz CT molecular complexity index is 120. The first kappa shape index (κ1) is 10.8. The van der Waals surface area contributed by atoms with E-state index in [1.54, 1.807) is 0 Å². The Labute approximate surface area is 73.4 Å². The third-order valence-corrected chi connectivity index (χ3v) is 10.6. The van der Waals surface area contributed by atoms with Gasteiger partial charge in [-0.15, -0.1) is 0 Å². The van der Waals surface area contributed by atoms with Crippen LogP contribution in [0.4, 0.5) is 0 Å². The molecule has 0 unspecified atom stereocenters. The molecule has 0 heterocycles. The zero-order chi connectivity index (χ0) is 8.58. The molecule has 0 amide bonds. The topological polar surface area (TPSA) is 0 Å². The second kappa shape index (κ2) is 3.05. The summed E-state index contributed by atoms with van der Waals surface area (Å²) in [6.45, 7) is 13.8. The van der Waals surface area contributed by atoms with Crippen LogP contribution in [0.3, 0.4) is 0 Å². The summed E-state index contributed by atoms with van der Waals surface area (Å²) < 4.78 is 0. The van der Waals surface area contributed by atoms with E-state index in [1.807, 2.05) is 0 Å². The molecule has 0 aliphatic heterocycles. The van der Waals surface area contributed by atoms with E-state index in [0.29, 0.717) is 10.3 Å². The number of hydrogen-bond acceptors (Lipinski definition) is 0. The van der Waals surface area contributed by atoms with Gasteiger partial charge in [0, 0.05) is 0 Å². The second-order valence-corrected chi connectivity index (χ2v) is 10.2. The van der Waals surface area contributed by atoms with Gasteiger partial charge >= 0.3 is 73.1 Å². The van der Waals surface area contributed by atoms with Crippen LogP contribution in [-0.2, 0) is 0 Å². The summed E-state index contributed by atoms with van der Waals surface area (Å²) >= 11 is 3.32. The molecule has 0 radical (unpaired) electrons. The van der Waals surface area contributed by atoms with Gasteiger partial charge in [0.05, 0.1) is 0 Å². The monoisotopic (exact) mass is 225 g/mol. The molecule has 2 heteroatoms. The van der Waals surface area contributed by atoms with Gasteiger partial charge in [0.15, 0.2) is 0 Å². The van der Waals surface area contributed by atoms with E-state index in [4.69, 9.17) is 0 Å². The van der Waals surface area contributed by atoms with Crippen molar-refractivity contribution in [3.05, 3.63) is 0 Å². The van der Waals surface area contributed by atoms with Gasteiger partial charge in [-0.2, -0.15) is 0 Å². The zero-order valence-electron chi connectivity index (χ0n) is 7.86. The van der Waals surface area contributed by atoms with Crippen LogP contribution < -0.4 is 0 Å². The SMILES string of the molecule is CC(C)(C)[P+](=[Se])C(C)(C)C. The second-order valence-electron chi connectivity index (χ2n) is 4.64. The molecule has 0 aromatic rings. The Morgan fingerprint density at radius 3 is 1.00 bits per heavy atom.